The van der Waals surface area contributed by atoms with Crippen LogP contribution in [0.15, 0.2) is 35.2 Å². The van der Waals surface area contributed by atoms with Crippen molar-refractivity contribution < 1.29 is 4.74 Å². The number of aryl methyl sites for hydroxylation is 1. The SMILES string of the molecule is COC1=CC(c2cccn2C)=NC1. The number of aliphatic imine (C=N–C) groups is 1. The van der Waals surface area contributed by atoms with Gasteiger partial charge in [-0.25, -0.2) is 0 Å². The maximum Gasteiger partial charge on any atom is 0.119 e. The molecule has 1 aromatic heterocycles. The third-order valence-corrected chi connectivity index (χ3v) is 2.17. The number of ether oxygens (including phenoxy) is 1. The van der Waals surface area contributed by atoms with E-state index in [1.807, 2.05) is 36.0 Å². The maximum absolute atomic E-state index is 5.12. The van der Waals surface area contributed by atoms with E-state index < -0.39 is 0 Å². The van der Waals surface area contributed by atoms with Crippen LogP contribution in [-0.4, -0.2) is 23.9 Å². The minimum absolute atomic E-state index is 0.664. The molecule has 0 radical (unpaired) electrons. The van der Waals surface area contributed by atoms with Crippen molar-refractivity contribution in [1.29, 1.82) is 0 Å². The van der Waals surface area contributed by atoms with Crippen LogP contribution >= 0.6 is 0 Å². The van der Waals surface area contributed by atoms with E-state index in [9.17, 15) is 0 Å². The Kier molecular flexibility index (Phi) is 1.93. The van der Waals surface area contributed by atoms with Crippen molar-refractivity contribution in [2.24, 2.45) is 12.0 Å². The van der Waals surface area contributed by atoms with Crippen LogP contribution in [0.25, 0.3) is 0 Å². The number of allylic oxidation sites excluding steroid dienone is 1. The molecule has 3 heteroatoms. The summed E-state index contributed by atoms with van der Waals surface area (Å²) in [5.41, 5.74) is 2.14. The first-order chi connectivity index (χ1) is 6.31. The topological polar surface area (TPSA) is 26.5 Å². The van der Waals surface area contributed by atoms with Crippen LogP contribution in [0.2, 0.25) is 0 Å². The third kappa shape index (κ3) is 1.37. The van der Waals surface area contributed by atoms with Crippen LogP contribution in [0.1, 0.15) is 5.69 Å². The lowest BCUT2D eigenvalue weighted by Gasteiger charge is -1.99. The first-order valence-corrected chi connectivity index (χ1v) is 4.22. The molecule has 1 aliphatic rings. The standard InChI is InChI=1S/C10H12N2O/c1-12-5-3-4-10(12)9-6-8(13-2)7-11-9/h3-6H,7H2,1-2H3. The lowest BCUT2D eigenvalue weighted by molar-refractivity contribution is 0.290. The molecule has 1 aromatic rings. The second-order valence-electron chi connectivity index (χ2n) is 3.02. The summed E-state index contributed by atoms with van der Waals surface area (Å²) in [5.74, 6) is 0.927. The minimum atomic E-state index is 0.664. The Balaban J connectivity index is 2.30. The molecule has 0 amide bonds. The fourth-order valence-corrected chi connectivity index (χ4v) is 1.41. The molecule has 13 heavy (non-hydrogen) atoms. The van der Waals surface area contributed by atoms with E-state index in [-0.39, 0.29) is 0 Å². The van der Waals surface area contributed by atoms with E-state index in [2.05, 4.69) is 4.99 Å². The zero-order chi connectivity index (χ0) is 9.26. The normalized spacial score (nSPS) is 15.5. The number of hydrogen-bond acceptors (Lipinski definition) is 2. The molecule has 1 aliphatic heterocycles. The molecule has 0 N–H and O–H groups in total. The van der Waals surface area contributed by atoms with Gasteiger partial charge in [-0.3, -0.25) is 4.99 Å². The first-order valence-electron chi connectivity index (χ1n) is 4.22. The van der Waals surface area contributed by atoms with Crippen molar-refractivity contribution in [3.63, 3.8) is 0 Å². The van der Waals surface area contributed by atoms with Gasteiger partial charge in [0.05, 0.1) is 25.1 Å². The highest BCUT2D eigenvalue weighted by molar-refractivity contribution is 6.09. The summed E-state index contributed by atoms with van der Waals surface area (Å²) in [6.07, 6.45) is 3.99. The van der Waals surface area contributed by atoms with Crippen molar-refractivity contribution in [2.45, 2.75) is 0 Å². The molecule has 0 atom stereocenters. The van der Waals surface area contributed by atoms with Crippen LogP contribution < -0.4 is 0 Å². The van der Waals surface area contributed by atoms with Crippen LogP contribution in [-0.2, 0) is 11.8 Å². The summed E-state index contributed by atoms with van der Waals surface area (Å²) in [6.45, 7) is 0.664. The Hall–Kier alpha value is -1.51. The highest BCUT2D eigenvalue weighted by atomic mass is 16.5. The maximum atomic E-state index is 5.12. The summed E-state index contributed by atoms with van der Waals surface area (Å²) in [4.78, 5) is 4.37. The van der Waals surface area contributed by atoms with Gasteiger partial charge in [0.15, 0.2) is 0 Å². The molecule has 3 nitrogen and oxygen atoms in total. The zero-order valence-corrected chi connectivity index (χ0v) is 7.82. The number of methoxy groups -OCH3 is 1. The Labute approximate surface area is 77.4 Å². The van der Waals surface area contributed by atoms with Crippen molar-refractivity contribution in [2.75, 3.05) is 13.7 Å². The molecule has 0 saturated heterocycles. The lowest BCUT2D eigenvalue weighted by atomic mass is 10.2. The van der Waals surface area contributed by atoms with E-state index >= 15 is 0 Å². The van der Waals surface area contributed by atoms with Gasteiger partial charge in [-0.1, -0.05) is 0 Å². The largest absolute Gasteiger partial charge is 0.499 e. The molecule has 0 unspecified atom stereocenters. The predicted molar refractivity (Wildman–Crippen MR) is 51.9 cm³/mol. The molecule has 0 fully saturated rings. The Bertz CT molecular complexity index is 374. The van der Waals surface area contributed by atoms with Gasteiger partial charge in [-0.05, 0) is 12.1 Å². The number of rotatable bonds is 2. The van der Waals surface area contributed by atoms with Crippen molar-refractivity contribution in [3.05, 3.63) is 35.9 Å². The van der Waals surface area contributed by atoms with E-state index in [1.165, 1.54) is 0 Å². The summed E-state index contributed by atoms with van der Waals surface area (Å²) >= 11 is 0. The highest BCUT2D eigenvalue weighted by Crippen LogP contribution is 2.12. The predicted octanol–water partition coefficient (Wildman–Crippen LogP) is 1.36. The Morgan fingerprint density at radius 3 is 2.92 bits per heavy atom. The van der Waals surface area contributed by atoms with Crippen molar-refractivity contribution >= 4 is 5.71 Å². The van der Waals surface area contributed by atoms with Gasteiger partial charge in [0, 0.05) is 19.3 Å². The average Bonchev–Trinajstić information content (AvgIpc) is 2.71. The van der Waals surface area contributed by atoms with Gasteiger partial charge >= 0.3 is 0 Å². The Morgan fingerprint density at radius 1 is 1.54 bits per heavy atom. The molecule has 2 rings (SSSR count). The van der Waals surface area contributed by atoms with E-state index in [1.54, 1.807) is 7.11 Å². The van der Waals surface area contributed by atoms with Gasteiger partial charge in [0.25, 0.3) is 0 Å². The van der Waals surface area contributed by atoms with Gasteiger partial charge in [0.2, 0.25) is 0 Å². The molecule has 0 saturated carbocycles. The van der Waals surface area contributed by atoms with Crippen LogP contribution in [0.5, 0.6) is 0 Å². The second-order valence-corrected chi connectivity index (χ2v) is 3.02. The average molecular weight is 176 g/mol. The monoisotopic (exact) mass is 176 g/mol. The summed E-state index contributed by atoms with van der Waals surface area (Å²) in [7, 11) is 3.69. The van der Waals surface area contributed by atoms with Gasteiger partial charge < -0.3 is 9.30 Å². The third-order valence-electron chi connectivity index (χ3n) is 2.17. The molecule has 0 aliphatic carbocycles. The molecular formula is C10H12N2O. The number of hydrogen-bond donors (Lipinski definition) is 0. The van der Waals surface area contributed by atoms with Crippen molar-refractivity contribution in [3.8, 4) is 0 Å². The summed E-state index contributed by atoms with van der Waals surface area (Å²) in [6, 6.07) is 4.06. The van der Waals surface area contributed by atoms with E-state index in [4.69, 9.17) is 4.74 Å². The molecule has 68 valence electrons. The summed E-state index contributed by atoms with van der Waals surface area (Å²) in [5, 5.41) is 0. The van der Waals surface area contributed by atoms with E-state index in [0.717, 1.165) is 17.2 Å². The van der Waals surface area contributed by atoms with Crippen LogP contribution in [0.4, 0.5) is 0 Å². The minimum Gasteiger partial charge on any atom is -0.499 e. The molecule has 0 bridgehead atoms. The van der Waals surface area contributed by atoms with Gasteiger partial charge in [0.1, 0.15) is 5.76 Å². The zero-order valence-electron chi connectivity index (χ0n) is 7.82. The van der Waals surface area contributed by atoms with Gasteiger partial charge in [-0.2, -0.15) is 0 Å². The van der Waals surface area contributed by atoms with Crippen molar-refractivity contribution in [1.82, 2.24) is 4.57 Å². The quantitative estimate of drug-likeness (QED) is 0.668. The summed E-state index contributed by atoms with van der Waals surface area (Å²) < 4.78 is 7.17. The van der Waals surface area contributed by atoms with Crippen LogP contribution in [0.3, 0.4) is 0 Å². The molecule has 0 spiro atoms. The molecule has 2 heterocycles. The number of aromatic nitrogens is 1. The molecule has 0 aromatic carbocycles. The highest BCUT2D eigenvalue weighted by Gasteiger charge is 2.11. The fourth-order valence-electron chi connectivity index (χ4n) is 1.41. The Morgan fingerprint density at radius 2 is 2.38 bits per heavy atom. The molecular weight excluding hydrogens is 164 g/mol. The van der Waals surface area contributed by atoms with Gasteiger partial charge in [-0.15, -0.1) is 0 Å². The van der Waals surface area contributed by atoms with Crippen LogP contribution in [0, 0.1) is 0 Å². The lowest BCUT2D eigenvalue weighted by Crippen LogP contribution is -2.01. The first kappa shape index (κ1) is 8.10. The second kappa shape index (κ2) is 3.09. The fraction of sp³-hybridized carbons (Fsp3) is 0.300. The number of nitrogens with zero attached hydrogens (tertiary/aromatic N) is 2. The smallest absolute Gasteiger partial charge is 0.119 e. The van der Waals surface area contributed by atoms with E-state index in [0.29, 0.717) is 6.54 Å².